The predicted octanol–water partition coefficient (Wildman–Crippen LogP) is 3.70. The summed E-state index contributed by atoms with van der Waals surface area (Å²) in [4.78, 5) is 0. The maximum Gasteiger partial charge on any atom is 0.504 e. The Hall–Kier alpha value is 0.0169. The monoisotopic (exact) mass is 362 g/mol. The summed E-state index contributed by atoms with van der Waals surface area (Å²) in [7, 11) is -2.62. The van der Waals surface area contributed by atoms with Crippen LogP contribution in [0.4, 0.5) is 0 Å². The van der Waals surface area contributed by atoms with E-state index in [4.69, 9.17) is 19.0 Å². The Morgan fingerprint density at radius 3 is 1.88 bits per heavy atom. The second-order valence-electron chi connectivity index (χ2n) is 6.13. The molecule has 0 radical (unpaired) electrons. The third-order valence-corrected chi connectivity index (χ3v) is 7.83. The summed E-state index contributed by atoms with van der Waals surface area (Å²) in [6, 6.07) is 0. The highest BCUT2D eigenvalue weighted by atomic mass is 28.4. The van der Waals surface area contributed by atoms with Crippen molar-refractivity contribution in [2.24, 2.45) is 5.73 Å². The van der Waals surface area contributed by atoms with Crippen LogP contribution in [-0.2, 0) is 13.3 Å². The average molecular weight is 363 g/mol. The van der Waals surface area contributed by atoms with Crippen molar-refractivity contribution in [2.75, 3.05) is 39.5 Å². The minimum absolute atomic E-state index is 0.365. The van der Waals surface area contributed by atoms with Crippen LogP contribution in [0.15, 0.2) is 0 Å². The van der Waals surface area contributed by atoms with E-state index in [2.05, 4.69) is 12.2 Å². The molecule has 0 heterocycles. The Morgan fingerprint density at radius 1 is 0.792 bits per heavy atom. The maximum absolute atomic E-state index is 6.15. The van der Waals surface area contributed by atoms with E-state index in [0.717, 1.165) is 25.9 Å². The zero-order valence-electron chi connectivity index (χ0n) is 16.6. The van der Waals surface area contributed by atoms with Gasteiger partial charge in [-0.1, -0.05) is 39.0 Å². The second kappa shape index (κ2) is 16.5. The van der Waals surface area contributed by atoms with Crippen molar-refractivity contribution in [3.8, 4) is 0 Å². The molecule has 0 aliphatic heterocycles. The molecule has 0 aromatic carbocycles. The van der Waals surface area contributed by atoms with E-state index in [0.29, 0.717) is 31.9 Å². The predicted molar refractivity (Wildman–Crippen MR) is 104 cm³/mol. The lowest BCUT2D eigenvalue weighted by atomic mass is 10.1. The molecule has 0 rings (SSSR count). The van der Waals surface area contributed by atoms with Crippen LogP contribution in [0.2, 0.25) is 5.54 Å². The van der Waals surface area contributed by atoms with Crippen molar-refractivity contribution in [1.82, 2.24) is 5.32 Å². The largest absolute Gasteiger partial charge is 0.504 e. The molecule has 6 heteroatoms. The summed E-state index contributed by atoms with van der Waals surface area (Å²) in [5.74, 6) is 0. The minimum atomic E-state index is -2.62. The molecule has 24 heavy (non-hydrogen) atoms. The fourth-order valence-electron chi connectivity index (χ4n) is 3.08. The Bertz CT molecular complexity index is 254. The number of rotatable bonds is 18. The van der Waals surface area contributed by atoms with Crippen molar-refractivity contribution in [2.45, 2.75) is 78.2 Å². The van der Waals surface area contributed by atoms with E-state index in [-0.39, 0.29) is 0 Å². The van der Waals surface area contributed by atoms with Gasteiger partial charge in [-0.15, -0.1) is 0 Å². The third-order valence-electron chi connectivity index (χ3n) is 4.18. The van der Waals surface area contributed by atoms with Crippen molar-refractivity contribution in [1.29, 1.82) is 0 Å². The topological polar surface area (TPSA) is 65.7 Å². The number of unbranched alkanes of at least 4 members (excludes halogenated alkanes) is 4. The number of nitrogens with one attached hydrogen (secondary N) is 1. The van der Waals surface area contributed by atoms with Crippen LogP contribution in [-0.4, -0.2) is 48.3 Å². The molecule has 1 unspecified atom stereocenters. The highest BCUT2D eigenvalue weighted by Gasteiger charge is 2.48. The van der Waals surface area contributed by atoms with Crippen LogP contribution in [0, 0.1) is 0 Å². The van der Waals surface area contributed by atoms with Gasteiger partial charge >= 0.3 is 8.80 Å². The Morgan fingerprint density at radius 2 is 1.38 bits per heavy atom. The quantitative estimate of drug-likeness (QED) is 0.287. The molecule has 0 aliphatic carbocycles. The first kappa shape index (κ1) is 24.0. The fraction of sp³-hybridized carbons (Fsp3) is 1.00. The first-order valence-corrected chi connectivity index (χ1v) is 11.8. The summed E-state index contributed by atoms with van der Waals surface area (Å²) in [6.07, 6.45) is 8.59. The van der Waals surface area contributed by atoms with Crippen molar-refractivity contribution in [3.05, 3.63) is 0 Å². The molecule has 5 nitrogen and oxygen atoms in total. The molecule has 0 saturated heterocycles. The third kappa shape index (κ3) is 10.1. The van der Waals surface area contributed by atoms with Crippen LogP contribution in [0.25, 0.3) is 0 Å². The highest BCUT2D eigenvalue weighted by molar-refractivity contribution is 6.62. The molecule has 0 spiro atoms. The Balaban J connectivity index is 4.81. The standard InChI is InChI=1S/C18H42N2O3Si/c1-5-9-10-11-12-13-18(14-16-20-17-15-19)24(21-6-2,22-7-3)23-8-4/h18,20H,5-17,19H2,1-4H3. The molecule has 0 saturated carbocycles. The molecular weight excluding hydrogens is 320 g/mol. The van der Waals surface area contributed by atoms with Crippen LogP contribution in [0.3, 0.4) is 0 Å². The van der Waals surface area contributed by atoms with Crippen LogP contribution in [0.1, 0.15) is 72.6 Å². The van der Waals surface area contributed by atoms with Gasteiger partial charge in [0, 0.05) is 38.5 Å². The molecule has 0 aromatic rings. The summed E-state index contributed by atoms with van der Waals surface area (Å²) >= 11 is 0. The summed E-state index contributed by atoms with van der Waals surface area (Å²) in [6.45, 7) is 12.8. The SMILES string of the molecule is CCCCCCCC(CCNCCN)[Si](OCC)(OCC)OCC. The molecule has 3 N–H and O–H groups in total. The molecule has 0 amide bonds. The van der Waals surface area contributed by atoms with Crippen molar-refractivity contribution in [3.63, 3.8) is 0 Å². The van der Waals surface area contributed by atoms with E-state index in [1.807, 2.05) is 20.8 Å². The first-order valence-electron chi connectivity index (χ1n) is 10.0. The van der Waals surface area contributed by atoms with Crippen LogP contribution >= 0.6 is 0 Å². The average Bonchev–Trinajstić information content (AvgIpc) is 2.57. The number of nitrogens with two attached hydrogens (primary N) is 1. The van der Waals surface area contributed by atoms with Gasteiger partial charge in [0.25, 0.3) is 0 Å². The highest BCUT2D eigenvalue weighted by Crippen LogP contribution is 2.34. The van der Waals surface area contributed by atoms with E-state index in [1.54, 1.807) is 0 Å². The number of hydrogen-bond acceptors (Lipinski definition) is 5. The van der Waals surface area contributed by atoms with E-state index >= 15 is 0 Å². The van der Waals surface area contributed by atoms with Gasteiger partial charge in [-0.05, 0) is 40.2 Å². The Labute approximate surface area is 151 Å². The van der Waals surface area contributed by atoms with Gasteiger partial charge in [0.15, 0.2) is 0 Å². The zero-order valence-corrected chi connectivity index (χ0v) is 17.6. The lowest BCUT2D eigenvalue weighted by Crippen LogP contribution is -2.51. The first-order chi connectivity index (χ1) is 11.7. The fourth-order valence-corrected chi connectivity index (χ4v) is 6.30. The number of hydrogen-bond donors (Lipinski definition) is 2. The lowest BCUT2D eigenvalue weighted by molar-refractivity contribution is 0.0583. The van der Waals surface area contributed by atoms with E-state index in [1.165, 1.54) is 32.1 Å². The smallest absolute Gasteiger partial charge is 0.374 e. The normalized spacial score (nSPS) is 13.4. The van der Waals surface area contributed by atoms with Gasteiger partial charge in [0.05, 0.1) is 0 Å². The van der Waals surface area contributed by atoms with E-state index in [9.17, 15) is 0 Å². The van der Waals surface area contributed by atoms with Crippen LogP contribution < -0.4 is 11.1 Å². The molecule has 0 fully saturated rings. The summed E-state index contributed by atoms with van der Waals surface area (Å²) in [5, 5.41) is 3.41. The van der Waals surface area contributed by atoms with Gasteiger partial charge in [0.1, 0.15) is 0 Å². The summed E-state index contributed by atoms with van der Waals surface area (Å²) in [5.41, 5.74) is 5.94. The maximum atomic E-state index is 6.15. The van der Waals surface area contributed by atoms with Crippen molar-refractivity contribution < 1.29 is 13.3 Å². The Kier molecular flexibility index (Phi) is 16.5. The van der Waals surface area contributed by atoms with E-state index < -0.39 is 8.80 Å². The van der Waals surface area contributed by atoms with Gasteiger partial charge < -0.3 is 24.3 Å². The zero-order chi connectivity index (χ0) is 18.1. The lowest BCUT2D eigenvalue weighted by Gasteiger charge is -2.35. The van der Waals surface area contributed by atoms with Gasteiger partial charge in [-0.2, -0.15) is 0 Å². The van der Waals surface area contributed by atoms with Gasteiger partial charge in [-0.25, -0.2) is 0 Å². The van der Waals surface area contributed by atoms with Gasteiger partial charge in [-0.3, -0.25) is 0 Å². The van der Waals surface area contributed by atoms with Crippen LogP contribution in [0.5, 0.6) is 0 Å². The molecule has 0 bridgehead atoms. The molecular formula is C18H42N2O3Si. The molecule has 0 aromatic heterocycles. The summed E-state index contributed by atoms with van der Waals surface area (Å²) < 4.78 is 18.4. The molecule has 146 valence electrons. The molecule has 1 atom stereocenters. The van der Waals surface area contributed by atoms with Gasteiger partial charge in [0.2, 0.25) is 0 Å². The van der Waals surface area contributed by atoms with Crippen molar-refractivity contribution >= 4 is 8.80 Å². The second-order valence-corrected chi connectivity index (χ2v) is 9.02. The minimum Gasteiger partial charge on any atom is -0.374 e. The molecule has 0 aliphatic rings.